The van der Waals surface area contributed by atoms with Gasteiger partial charge in [-0.3, -0.25) is 0 Å². The van der Waals surface area contributed by atoms with Gasteiger partial charge in [-0.05, 0) is 36.8 Å². The van der Waals surface area contributed by atoms with Crippen molar-refractivity contribution in [2.45, 2.75) is 19.6 Å². The SMILES string of the molecule is COc1cc([C@H](C)N)ccc1OCc1c(F)cccc1Cl. The molecule has 2 aromatic rings. The third-order valence-corrected chi connectivity index (χ3v) is 3.50. The molecule has 0 spiro atoms. The number of halogens is 2. The summed E-state index contributed by atoms with van der Waals surface area (Å²) in [5, 5.41) is 0.334. The molecule has 0 fully saturated rings. The van der Waals surface area contributed by atoms with Crippen LogP contribution >= 0.6 is 11.6 Å². The monoisotopic (exact) mass is 309 g/mol. The lowest BCUT2D eigenvalue weighted by Crippen LogP contribution is -2.06. The van der Waals surface area contributed by atoms with Crippen LogP contribution in [0.5, 0.6) is 11.5 Å². The van der Waals surface area contributed by atoms with E-state index in [9.17, 15) is 4.39 Å². The Labute approximate surface area is 128 Å². The van der Waals surface area contributed by atoms with Crippen molar-refractivity contribution in [2.75, 3.05) is 7.11 Å². The normalized spacial score (nSPS) is 12.0. The number of hydrogen-bond donors (Lipinski definition) is 1. The van der Waals surface area contributed by atoms with Gasteiger partial charge < -0.3 is 15.2 Å². The molecule has 2 N–H and O–H groups in total. The molecule has 112 valence electrons. The molecule has 0 aliphatic carbocycles. The number of methoxy groups -OCH3 is 1. The van der Waals surface area contributed by atoms with Crippen LogP contribution in [0.25, 0.3) is 0 Å². The van der Waals surface area contributed by atoms with Gasteiger partial charge in [0.2, 0.25) is 0 Å². The number of benzene rings is 2. The standard InChI is InChI=1S/C16H17ClFNO2/c1-10(19)11-6-7-15(16(8-11)20-2)21-9-12-13(17)4-3-5-14(12)18/h3-8,10H,9,19H2,1-2H3/t10-/m0/s1. The summed E-state index contributed by atoms with van der Waals surface area (Å²) < 4.78 is 24.6. The molecular formula is C16H17ClFNO2. The van der Waals surface area contributed by atoms with Crippen molar-refractivity contribution < 1.29 is 13.9 Å². The molecule has 0 amide bonds. The zero-order valence-corrected chi connectivity index (χ0v) is 12.7. The molecule has 1 atom stereocenters. The lowest BCUT2D eigenvalue weighted by atomic mass is 10.1. The first-order chi connectivity index (χ1) is 10.0. The Hall–Kier alpha value is -1.78. The van der Waals surface area contributed by atoms with Crippen LogP contribution < -0.4 is 15.2 Å². The summed E-state index contributed by atoms with van der Waals surface area (Å²) in [5.74, 6) is 0.673. The van der Waals surface area contributed by atoms with Crippen molar-refractivity contribution >= 4 is 11.6 Å². The zero-order valence-electron chi connectivity index (χ0n) is 11.9. The molecular weight excluding hydrogens is 293 g/mol. The van der Waals surface area contributed by atoms with E-state index in [1.165, 1.54) is 6.07 Å². The van der Waals surface area contributed by atoms with E-state index < -0.39 is 5.82 Å². The maximum atomic E-state index is 13.7. The lowest BCUT2D eigenvalue weighted by molar-refractivity contribution is 0.279. The van der Waals surface area contributed by atoms with Gasteiger partial charge in [-0.25, -0.2) is 4.39 Å². The molecule has 0 unspecified atom stereocenters. The van der Waals surface area contributed by atoms with Gasteiger partial charge in [0, 0.05) is 11.6 Å². The van der Waals surface area contributed by atoms with Crippen molar-refractivity contribution in [3.8, 4) is 11.5 Å². The minimum absolute atomic E-state index is 0.0272. The minimum atomic E-state index is -0.395. The maximum Gasteiger partial charge on any atom is 0.161 e. The van der Waals surface area contributed by atoms with Crippen molar-refractivity contribution in [1.82, 2.24) is 0 Å². The van der Waals surface area contributed by atoms with Crippen LogP contribution in [-0.4, -0.2) is 7.11 Å². The quantitative estimate of drug-likeness (QED) is 0.905. The molecule has 0 aromatic heterocycles. The van der Waals surface area contributed by atoms with E-state index in [4.69, 9.17) is 26.8 Å². The summed E-state index contributed by atoms with van der Waals surface area (Å²) in [6, 6.07) is 9.84. The van der Waals surface area contributed by atoms with E-state index in [0.717, 1.165) is 5.56 Å². The fourth-order valence-electron chi connectivity index (χ4n) is 1.91. The Morgan fingerprint density at radius 2 is 2.00 bits per heavy atom. The van der Waals surface area contributed by atoms with E-state index in [0.29, 0.717) is 22.1 Å². The van der Waals surface area contributed by atoms with Crippen molar-refractivity contribution in [2.24, 2.45) is 5.73 Å². The summed E-state index contributed by atoms with van der Waals surface area (Å²) in [5.41, 5.74) is 7.08. The molecule has 0 saturated carbocycles. The Kier molecular flexibility index (Phi) is 5.04. The second-order valence-electron chi connectivity index (χ2n) is 4.69. The Morgan fingerprint density at radius 1 is 1.24 bits per heavy atom. The molecule has 0 aliphatic rings. The van der Waals surface area contributed by atoms with E-state index >= 15 is 0 Å². The van der Waals surface area contributed by atoms with Crippen LogP contribution in [0, 0.1) is 5.82 Å². The van der Waals surface area contributed by atoms with Gasteiger partial charge in [0.1, 0.15) is 12.4 Å². The largest absolute Gasteiger partial charge is 0.493 e. The highest BCUT2D eigenvalue weighted by Crippen LogP contribution is 2.31. The minimum Gasteiger partial charge on any atom is -0.493 e. The van der Waals surface area contributed by atoms with Crippen LogP contribution in [-0.2, 0) is 6.61 Å². The third-order valence-electron chi connectivity index (χ3n) is 3.15. The summed E-state index contributed by atoms with van der Waals surface area (Å²) >= 11 is 5.97. The van der Waals surface area contributed by atoms with Gasteiger partial charge in [-0.15, -0.1) is 0 Å². The highest BCUT2D eigenvalue weighted by atomic mass is 35.5. The molecule has 0 aliphatic heterocycles. The van der Waals surface area contributed by atoms with Crippen LogP contribution in [0.3, 0.4) is 0 Å². The van der Waals surface area contributed by atoms with E-state index in [-0.39, 0.29) is 12.6 Å². The smallest absolute Gasteiger partial charge is 0.161 e. The highest BCUT2D eigenvalue weighted by Gasteiger charge is 2.11. The van der Waals surface area contributed by atoms with Gasteiger partial charge >= 0.3 is 0 Å². The predicted molar refractivity (Wildman–Crippen MR) is 81.3 cm³/mol. The molecule has 2 aromatic carbocycles. The zero-order chi connectivity index (χ0) is 15.4. The number of nitrogens with two attached hydrogens (primary N) is 1. The van der Waals surface area contributed by atoms with Crippen molar-refractivity contribution in [1.29, 1.82) is 0 Å². The first kappa shape index (κ1) is 15.6. The molecule has 0 saturated heterocycles. The first-order valence-corrected chi connectivity index (χ1v) is 6.90. The third kappa shape index (κ3) is 3.65. The number of hydrogen-bond acceptors (Lipinski definition) is 3. The lowest BCUT2D eigenvalue weighted by Gasteiger charge is -2.14. The van der Waals surface area contributed by atoms with Crippen LogP contribution in [0.4, 0.5) is 4.39 Å². The average molecular weight is 310 g/mol. The van der Waals surface area contributed by atoms with E-state index in [1.807, 2.05) is 19.1 Å². The van der Waals surface area contributed by atoms with Gasteiger partial charge in [0.25, 0.3) is 0 Å². The fourth-order valence-corrected chi connectivity index (χ4v) is 2.12. The van der Waals surface area contributed by atoms with Crippen LogP contribution in [0.2, 0.25) is 5.02 Å². The summed E-state index contributed by atoms with van der Waals surface area (Å²) in [7, 11) is 1.54. The molecule has 0 bridgehead atoms. The fraction of sp³-hybridized carbons (Fsp3) is 0.250. The van der Waals surface area contributed by atoms with Crippen molar-refractivity contribution in [3.63, 3.8) is 0 Å². The average Bonchev–Trinajstić information content (AvgIpc) is 2.46. The molecule has 0 heterocycles. The van der Waals surface area contributed by atoms with Gasteiger partial charge in [0.15, 0.2) is 11.5 Å². The molecule has 5 heteroatoms. The van der Waals surface area contributed by atoms with Gasteiger partial charge in [-0.1, -0.05) is 23.7 Å². The summed E-state index contributed by atoms with van der Waals surface area (Å²) in [4.78, 5) is 0. The molecule has 21 heavy (non-hydrogen) atoms. The maximum absolute atomic E-state index is 13.7. The topological polar surface area (TPSA) is 44.5 Å². The molecule has 2 rings (SSSR count). The predicted octanol–water partition coefficient (Wildman–Crippen LogP) is 4.09. The second-order valence-corrected chi connectivity index (χ2v) is 5.10. The van der Waals surface area contributed by atoms with Crippen LogP contribution in [0.15, 0.2) is 36.4 Å². The van der Waals surface area contributed by atoms with E-state index in [1.54, 1.807) is 25.3 Å². The Morgan fingerprint density at radius 3 is 2.62 bits per heavy atom. The van der Waals surface area contributed by atoms with Gasteiger partial charge in [0.05, 0.1) is 12.1 Å². The summed E-state index contributed by atoms with van der Waals surface area (Å²) in [6.45, 7) is 1.91. The van der Waals surface area contributed by atoms with Crippen molar-refractivity contribution in [3.05, 3.63) is 58.4 Å². The molecule has 0 radical (unpaired) electrons. The molecule has 3 nitrogen and oxygen atoms in total. The number of rotatable bonds is 5. The van der Waals surface area contributed by atoms with E-state index in [2.05, 4.69) is 0 Å². The van der Waals surface area contributed by atoms with Crippen LogP contribution in [0.1, 0.15) is 24.1 Å². The number of ether oxygens (including phenoxy) is 2. The first-order valence-electron chi connectivity index (χ1n) is 6.52. The highest BCUT2D eigenvalue weighted by molar-refractivity contribution is 6.31. The summed E-state index contributed by atoms with van der Waals surface area (Å²) in [6.07, 6.45) is 0. The Balaban J connectivity index is 2.20. The second kappa shape index (κ2) is 6.78. The van der Waals surface area contributed by atoms with Gasteiger partial charge in [-0.2, -0.15) is 0 Å². The Bertz CT molecular complexity index is 611.